The number of nitrogens with one attached hydrogen (secondary N) is 3. The molecule has 4 N–H and O–H groups in total. The number of ether oxygens (including phenoxy) is 1. The molecule has 7 nitrogen and oxygen atoms in total. The standard InChI is InChI=1S/C15H21N3O4.ClH/c1-2-22-12-5-3-10(4-6-12)18-14(20)9-17-15(21)13-7-11(19)8-16-13;/h3-6,11,13,16,19H,2,7-9H2,1H3,(H,17,21)(H,18,20);1H. The second kappa shape index (κ2) is 9.34. The van der Waals surface area contributed by atoms with Crippen molar-refractivity contribution in [2.75, 3.05) is 25.0 Å². The number of aliphatic hydroxyl groups excluding tert-OH is 1. The maximum Gasteiger partial charge on any atom is 0.243 e. The molecule has 0 aromatic heterocycles. The first-order valence-electron chi connectivity index (χ1n) is 7.30. The smallest absolute Gasteiger partial charge is 0.243 e. The van der Waals surface area contributed by atoms with Gasteiger partial charge >= 0.3 is 0 Å². The summed E-state index contributed by atoms with van der Waals surface area (Å²) in [6, 6.07) is 6.57. The Labute approximate surface area is 141 Å². The Kier molecular flexibility index (Phi) is 7.80. The van der Waals surface area contributed by atoms with Crippen molar-refractivity contribution >= 4 is 29.9 Å². The van der Waals surface area contributed by atoms with Crippen molar-refractivity contribution in [3.05, 3.63) is 24.3 Å². The van der Waals surface area contributed by atoms with E-state index in [9.17, 15) is 14.7 Å². The van der Waals surface area contributed by atoms with E-state index in [2.05, 4.69) is 16.0 Å². The van der Waals surface area contributed by atoms with Crippen molar-refractivity contribution in [3.8, 4) is 5.75 Å². The van der Waals surface area contributed by atoms with E-state index in [0.29, 0.717) is 25.3 Å². The van der Waals surface area contributed by atoms with Crippen LogP contribution in [0.25, 0.3) is 0 Å². The molecule has 1 aliphatic heterocycles. The Morgan fingerprint density at radius 3 is 2.61 bits per heavy atom. The first kappa shape index (κ1) is 19.2. The Balaban J connectivity index is 0.00000264. The first-order chi connectivity index (χ1) is 10.6. The van der Waals surface area contributed by atoms with E-state index >= 15 is 0 Å². The molecule has 2 atom stereocenters. The van der Waals surface area contributed by atoms with Gasteiger partial charge in [0.2, 0.25) is 11.8 Å². The van der Waals surface area contributed by atoms with Crippen LogP contribution in [0.5, 0.6) is 5.75 Å². The van der Waals surface area contributed by atoms with E-state index in [4.69, 9.17) is 4.74 Å². The lowest BCUT2D eigenvalue weighted by atomic mass is 10.2. The number of halogens is 1. The van der Waals surface area contributed by atoms with Crippen LogP contribution in [0.15, 0.2) is 24.3 Å². The quantitative estimate of drug-likeness (QED) is 0.595. The van der Waals surface area contributed by atoms with Gasteiger partial charge in [-0.05, 0) is 37.6 Å². The molecule has 0 spiro atoms. The molecular weight excluding hydrogens is 322 g/mol. The lowest BCUT2D eigenvalue weighted by Crippen LogP contribution is -2.43. The fourth-order valence-corrected chi connectivity index (χ4v) is 2.21. The molecule has 1 heterocycles. The number of benzene rings is 1. The van der Waals surface area contributed by atoms with Crippen LogP contribution in [0, 0.1) is 0 Å². The SMILES string of the molecule is CCOc1ccc(NC(=O)CNC(=O)C2CC(O)CN2)cc1.Cl. The number of hydrogen-bond acceptors (Lipinski definition) is 5. The van der Waals surface area contributed by atoms with Gasteiger partial charge in [0.05, 0.1) is 25.3 Å². The third-order valence-corrected chi connectivity index (χ3v) is 3.30. The fraction of sp³-hybridized carbons (Fsp3) is 0.467. The minimum atomic E-state index is -0.506. The number of aliphatic hydroxyl groups is 1. The highest BCUT2D eigenvalue weighted by Gasteiger charge is 2.27. The lowest BCUT2D eigenvalue weighted by Gasteiger charge is -2.11. The fourth-order valence-electron chi connectivity index (χ4n) is 2.21. The summed E-state index contributed by atoms with van der Waals surface area (Å²) < 4.78 is 5.31. The molecule has 1 aromatic rings. The van der Waals surface area contributed by atoms with Crippen molar-refractivity contribution in [2.45, 2.75) is 25.5 Å². The molecule has 0 bridgehead atoms. The Hall–Kier alpha value is -1.83. The van der Waals surface area contributed by atoms with Gasteiger partial charge in [0, 0.05) is 12.2 Å². The van der Waals surface area contributed by atoms with E-state index in [1.807, 2.05) is 6.92 Å². The van der Waals surface area contributed by atoms with E-state index in [1.54, 1.807) is 24.3 Å². The number of carbonyl (C=O) groups excluding carboxylic acids is 2. The van der Waals surface area contributed by atoms with Crippen molar-refractivity contribution in [2.24, 2.45) is 0 Å². The molecule has 1 saturated heterocycles. The lowest BCUT2D eigenvalue weighted by molar-refractivity contribution is -0.125. The zero-order valence-electron chi connectivity index (χ0n) is 12.9. The molecule has 0 radical (unpaired) electrons. The van der Waals surface area contributed by atoms with Gasteiger partial charge in [-0.25, -0.2) is 0 Å². The Bertz CT molecular complexity index is 524. The van der Waals surface area contributed by atoms with Gasteiger partial charge in [-0.2, -0.15) is 0 Å². The minimum absolute atomic E-state index is 0. The second-order valence-corrected chi connectivity index (χ2v) is 5.07. The van der Waals surface area contributed by atoms with E-state index in [0.717, 1.165) is 5.75 Å². The molecule has 1 fully saturated rings. The first-order valence-corrected chi connectivity index (χ1v) is 7.30. The molecule has 8 heteroatoms. The van der Waals surface area contributed by atoms with Crippen molar-refractivity contribution < 1.29 is 19.4 Å². The van der Waals surface area contributed by atoms with E-state index in [1.165, 1.54) is 0 Å². The molecule has 2 unspecified atom stereocenters. The van der Waals surface area contributed by atoms with Gasteiger partial charge in [0.1, 0.15) is 5.75 Å². The van der Waals surface area contributed by atoms with Crippen molar-refractivity contribution in [1.82, 2.24) is 10.6 Å². The van der Waals surface area contributed by atoms with E-state index < -0.39 is 12.1 Å². The number of β-amino-alcohol motifs (C(OH)–C–C–N with tert-alkyl or cyclic N) is 1. The molecule has 23 heavy (non-hydrogen) atoms. The van der Waals surface area contributed by atoms with Crippen LogP contribution in [-0.4, -0.2) is 48.8 Å². The number of anilines is 1. The van der Waals surface area contributed by atoms with Crippen LogP contribution >= 0.6 is 12.4 Å². The van der Waals surface area contributed by atoms with Gasteiger partial charge in [0.15, 0.2) is 0 Å². The maximum absolute atomic E-state index is 11.8. The summed E-state index contributed by atoms with van der Waals surface area (Å²) in [6.45, 7) is 2.77. The van der Waals surface area contributed by atoms with Crippen molar-refractivity contribution in [1.29, 1.82) is 0 Å². The average Bonchev–Trinajstić information content (AvgIpc) is 2.94. The summed E-state index contributed by atoms with van der Waals surface area (Å²) >= 11 is 0. The number of carbonyl (C=O) groups is 2. The predicted octanol–water partition coefficient (Wildman–Crippen LogP) is 0.285. The van der Waals surface area contributed by atoms with Crippen LogP contribution in [0.1, 0.15) is 13.3 Å². The van der Waals surface area contributed by atoms with Gasteiger partial charge in [0.25, 0.3) is 0 Å². The van der Waals surface area contributed by atoms with Gasteiger partial charge in [-0.15, -0.1) is 12.4 Å². The maximum atomic E-state index is 11.8. The summed E-state index contributed by atoms with van der Waals surface area (Å²) in [7, 11) is 0. The van der Waals surface area contributed by atoms with Crippen LogP contribution < -0.4 is 20.7 Å². The monoisotopic (exact) mass is 343 g/mol. The third-order valence-electron chi connectivity index (χ3n) is 3.30. The second-order valence-electron chi connectivity index (χ2n) is 5.07. The molecule has 2 rings (SSSR count). The highest BCUT2D eigenvalue weighted by atomic mass is 35.5. The summed E-state index contributed by atoms with van der Waals surface area (Å²) in [4.78, 5) is 23.6. The van der Waals surface area contributed by atoms with Gasteiger partial charge in [-0.3, -0.25) is 9.59 Å². The highest BCUT2D eigenvalue weighted by Crippen LogP contribution is 2.15. The van der Waals surface area contributed by atoms with Crippen LogP contribution in [0.4, 0.5) is 5.69 Å². The molecule has 0 saturated carbocycles. The molecule has 1 aromatic carbocycles. The topological polar surface area (TPSA) is 99.7 Å². The molecule has 128 valence electrons. The number of amides is 2. The largest absolute Gasteiger partial charge is 0.494 e. The molecule has 2 amide bonds. The number of hydrogen-bond donors (Lipinski definition) is 4. The zero-order valence-corrected chi connectivity index (χ0v) is 13.7. The molecule has 1 aliphatic rings. The normalized spacial score (nSPS) is 19.6. The third kappa shape index (κ3) is 6.05. The van der Waals surface area contributed by atoms with Gasteiger partial charge < -0.3 is 25.8 Å². The summed E-state index contributed by atoms with van der Waals surface area (Å²) in [5.74, 6) is 0.147. The van der Waals surface area contributed by atoms with Gasteiger partial charge in [-0.1, -0.05) is 0 Å². The summed E-state index contributed by atoms with van der Waals surface area (Å²) in [6.07, 6.45) is -0.139. The Morgan fingerprint density at radius 1 is 1.35 bits per heavy atom. The van der Waals surface area contributed by atoms with Crippen LogP contribution in [0.3, 0.4) is 0 Å². The van der Waals surface area contributed by atoms with Crippen molar-refractivity contribution in [3.63, 3.8) is 0 Å². The summed E-state index contributed by atoms with van der Waals surface area (Å²) in [5, 5.41) is 17.5. The summed E-state index contributed by atoms with van der Waals surface area (Å²) in [5.41, 5.74) is 0.636. The highest BCUT2D eigenvalue weighted by molar-refractivity contribution is 5.95. The number of rotatable bonds is 6. The van der Waals surface area contributed by atoms with E-state index in [-0.39, 0.29) is 30.8 Å². The predicted molar refractivity (Wildman–Crippen MR) is 88.9 cm³/mol. The molecular formula is C15H22ClN3O4. The zero-order chi connectivity index (χ0) is 15.9. The Morgan fingerprint density at radius 2 is 2.04 bits per heavy atom. The average molecular weight is 344 g/mol. The van der Waals surface area contributed by atoms with Crippen LogP contribution in [-0.2, 0) is 9.59 Å². The minimum Gasteiger partial charge on any atom is -0.494 e. The molecule has 0 aliphatic carbocycles. The van der Waals surface area contributed by atoms with Crippen LogP contribution in [0.2, 0.25) is 0 Å².